The standard InChI is InChI=1S/C13H25N3S/c1-9(2)11-7-14-13(17)16(11)12(10(3)4)8-15(5)6/h7,9-10,12H,8H2,1-6H3,(H,14,17). The van der Waals surface area contributed by atoms with Gasteiger partial charge in [-0.25, -0.2) is 0 Å². The highest BCUT2D eigenvalue weighted by Crippen LogP contribution is 2.25. The van der Waals surface area contributed by atoms with E-state index in [0.717, 1.165) is 11.3 Å². The van der Waals surface area contributed by atoms with Crippen LogP contribution < -0.4 is 0 Å². The molecule has 0 bridgehead atoms. The Balaban J connectivity index is 3.17. The normalized spacial score (nSPS) is 13.9. The number of aromatic amines is 1. The van der Waals surface area contributed by atoms with Crippen LogP contribution in [0.5, 0.6) is 0 Å². The van der Waals surface area contributed by atoms with Gasteiger partial charge in [-0.2, -0.15) is 0 Å². The first-order valence-electron chi connectivity index (χ1n) is 6.29. The maximum absolute atomic E-state index is 5.43. The zero-order valence-electron chi connectivity index (χ0n) is 11.8. The average Bonchev–Trinajstić information content (AvgIpc) is 2.56. The second-order valence-corrected chi connectivity index (χ2v) is 6.00. The molecule has 4 heteroatoms. The van der Waals surface area contributed by atoms with Gasteiger partial charge < -0.3 is 14.5 Å². The van der Waals surface area contributed by atoms with E-state index in [9.17, 15) is 0 Å². The highest BCUT2D eigenvalue weighted by atomic mass is 32.1. The number of aromatic nitrogens is 2. The SMILES string of the molecule is CC(C)c1c[nH]c(=S)n1C(CN(C)C)C(C)C. The molecule has 0 aliphatic rings. The van der Waals surface area contributed by atoms with Crippen LogP contribution in [0, 0.1) is 10.7 Å². The molecule has 1 N–H and O–H groups in total. The number of nitrogens with one attached hydrogen (secondary N) is 1. The molecule has 0 radical (unpaired) electrons. The molecule has 0 spiro atoms. The molecule has 0 saturated heterocycles. The first-order chi connectivity index (χ1) is 7.84. The summed E-state index contributed by atoms with van der Waals surface area (Å²) in [5.41, 5.74) is 1.30. The third kappa shape index (κ3) is 3.42. The molecule has 3 nitrogen and oxygen atoms in total. The lowest BCUT2D eigenvalue weighted by Crippen LogP contribution is -2.29. The van der Waals surface area contributed by atoms with E-state index in [0.29, 0.717) is 17.9 Å². The second-order valence-electron chi connectivity index (χ2n) is 5.62. The average molecular weight is 255 g/mol. The van der Waals surface area contributed by atoms with Gasteiger partial charge in [0.05, 0.1) is 6.04 Å². The van der Waals surface area contributed by atoms with Gasteiger partial charge in [-0.1, -0.05) is 27.7 Å². The molecule has 0 aliphatic heterocycles. The van der Waals surface area contributed by atoms with Gasteiger partial charge in [-0.3, -0.25) is 0 Å². The van der Waals surface area contributed by atoms with Gasteiger partial charge in [0.25, 0.3) is 0 Å². The quantitative estimate of drug-likeness (QED) is 0.815. The van der Waals surface area contributed by atoms with Crippen molar-refractivity contribution in [3.05, 3.63) is 16.7 Å². The molecule has 0 fully saturated rings. The molecule has 1 rings (SSSR count). The molecule has 1 aromatic heterocycles. The third-order valence-corrected chi connectivity index (χ3v) is 3.40. The molecular weight excluding hydrogens is 230 g/mol. The van der Waals surface area contributed by atoms with Crippen LogP contribution >= 0.6 is 12.2 Å². The lowest BCUT2D eigenvalue weighted by Gasteiger charge is -2.28. The molecule has 17 heavy (non-hydrogen) atoms. The lowest BCUT2D eigenvalue weighted by atomic mass is 10.0. The molecule has 0 saturated carbocycles. The van der Waals surface area contributed by atoms with E-state index in [1.165, 1.54) is 5.69 Å². The van der Waals surface area contributed by atoms with Gasteiger partial charge in [0, 0.05) is 18.4 Å². The minimum absolute atomic E-state index is 0.432. The minimum atomic E-state index is 0.432. The van der Waals surface area contributed by atoms with E-state index >= 15 is 0 Å². The summed E-state index contributed by atoms with van der Waals surface area (Å²) in [6.45, 7) is 9.95. The van der Waals surface area contributed by atoms with E-state index in [-0.39, 0.29) is 0 Å². The molecule has 1 aromatic rings. The van der Waals surface area contributed by atoms with Crippen molar-refractivity contribution in [2.75, 3.05) is 20.6 Å². The molecule has 1 unspecified atom stereocenters. The van der Waals surface area contributed by atoms with Gasteiger partial charge >= 0.3 is 0 Å². The van der Waals surface area contributed by atoms with Crippen LogP contribution in [0.15, 0.2) is 6.20 Å². The van der Waals surface area contributed by atoms with Crippen LogP contribution in [-0.2, 0) is 0 Å². The fraction of sp³-hybridized carbons (Fsp3) is 0.769. The molecule has 1 heterocycles. The number of imidazole rings is 1. The number of hydrogen-bond acceptors (Lipinski definition) is 2. The molecule has 1 atom stereocenters. The summed E-state index contributed by atoms with van der Waals surface area (Å²) in [7, 11) is 4.22. The first kappa shape index (κ1) is 14.5. The number of rotatable bonds is 5. The number of H-pyrrole nitrogens is 1. The van der Waals surface area contributed by atoms with Crippen LogP contribution in [-0.4, -0.2) is 35.1 Å². The second kappa shape index (κ2) is 5.83. The van der Waals surface area contributed by atoms with E-state index in [4.69, 9.17) is 12.2 Å². The summed E-state index contributed by atoms with van der Waals surface area (Å²) in [5, 5.41) is 0. The predicted molar refractivity (Wildman–Crippen MR) is 76.1 cm³/mol. The third-order valence-electron chi connectivity index (χ3n) is 3.09. The Morgan fingerprint density at radius 3 is 2.29 bits per heavy atom. The Kier molecular flexibility index (Phi) is 4.95. The predicted octanol–water partition coefficient (Wildman–Crippen LogP) is 3.43. The Morgan fingerprint density at radius 1 is 1.29 bits per heavy atom. The van der Waals surface area contributed by atoms with Crippen LogP contribution in [0.1, 0.15) is 45.3 Å². The molecule has 0 aromatic carbocycles. The van der Waals surface area contributed by atoms with Crippen molar-refractivity contribution in [2.24, 2.45) is 5.92 Å². The summed E-state index contributed by atoms with van der Waals surface area (Å²) in [5.74, 6) is 1.06. The van der Waals surface area contributed by atoms with E-state index in [2.05, 4.69) is 62.4 Å². The van der Waals surface area contributed by atoms with Gasteiger partial charge in [-0.15, -0.1) is 0 Å². The van der Waals surface area contributed by atoms with E-state index in [1.54, 1.807) is 0 Å². The highest BCUT2D eigenvalue weighted by molar-refractivity contribution is 7.71. The van der Waals surface area contributed by atoms with E-state index < -0.39 is 0 Å². The Labute approximate surface area is 110 Å². The summed E-state index contributed by atoms with van der Waals surface area (Å²) >= 11 is 5.43. The zero-order valence-corrected chi connectivity index (χ0v) is 12.6. The van der Waals surface area contributed by atoms with Crippen LogP contribution in [0.2, 0.25) is 0 Å². The van der Waals surface area contributed by atoms with Crippen molar-refractivity contribution >= 4 is 12.2 Å². The summed E-state index contributed by atoms with van der Waals surface area (Å²) in [6.07, 6.45) is 2.05. The minimum Gasteiger partial charge on any atom is -0.337 e. The Morgan fingerprint density at radius 2 is 1.88 bits per heavy atom. The molecule has 0 amide bonds. The van der Waals surface area contributed by atoms with Crippen molar-refractivity contribution < 1.29 is 0 Å². The Hall–Kier alpha value is -0.610. The van der Waals surface area contributed by atoms with Crippen LogP contribution in [0.4, 0.5) is 0 Å². The largest absolute Gasteiger partial charge is 0.337 e. The van der Waals surface area contributed by atoms with Crippen LogP contribution in [0.25, 0.3) is 0 Å². The number of hydrogen-bond donors (Lipinski definition) is 1. The summed E-state index contributed by atoms with van der Waals surface area (Å²) in [6, 6.07) is 0.432. The van der Waals surface area contributed by atoms with Gasteiger partial charge in [0.1, 0.15) is 0 Å². The summed E-state index contributed by atoms with van der Waals surface area (Å²) < 4.78 is 3.14. The molecule has 0 aliphatic carbocycles. The zero-order chi connectivity index (χ0) is 13.2. The van der Waals surface area contributed by atoms with Crippen molar-refractivity contribution in [3.8, 4) is 0 Å². The Bertz CT molecular complexity index is 401. The fourth-order valence-corrected chi connectivity index (χ4v) is 2.44. The monoisotopic (exact) mass is 255 g/mol. The number of likely N-dealkylation sites (N-methyl/N-ethyl adjacent to an activating group) is 1. The van der Waals surface area contributed by atoms with Gasteiger partial charge in [0.2, 0.25) is 0 Å². The van der Waals surface area contributed by atoms with Gasteiger partial charge in [-0.05, 0) is 38.1 Å². The van der Waals surface area contributed by atoms with Gasteiger partial charge in [0.15, 0.2) is 4.77 Å². The smallest absolute Gasteiger partial charge is 0.177 e. The highest BCUT2D eigenvalue weighted by Gasteiger charge is 2.21. The fourth-order valence-electron chi connectivity index (χ4n) is 2.14. The van der Waals surface area contributed by atoms with E-state index in [1.807, 2.05) is 0 Å². The molecule has 98 valence electrons. The lowest BCUT2D eigenvalue weighted by molar-refractivity contribution is 0.262. The maximum Gasteiger partial charge on any atom is 0.177 e. The molecular formula is C13H25N3S. The van der Waals surface area contributed by atoms with Crippen LogP contribution in [0.3, 0.4) is 0 Å². The number of nitrogens with zero attached hydrogens (tertiary/aromatic N) is 2. The van der Waals surface area contributed by atoms with Crippen molar-refractivity contribution in [3.63, 3.8) is 0 Å². The summed E-state index contributed by atoms with van der Waals surface area (Å²) in [4.78, 5) is 5.41. The maximum atomic E-state index is 5.43. The first-order valence-corrected chi connectivity index (χ1v) is 6.70. The van der Waals surface area contributed by atoms with Crippen molar-refractivity contribution in [1.82, 2.24) is 14.5 Å². The van der Waals surface area contributed by atoms with Crippen molar-refractivity contribution in [1.29, 1.82) is 0 Å². The topological polar surface area (TPSA) is 24.0 Å². The van der Waals surface area contributed by atoms with Crippen molar-refractivity contribution in [2.45, 2.75) is 39.7 Å².